The van der Waals surface area contributed by atoms with Crippen LogP contribution in [0, 0.1) is 0 Å². The standard InChI is InChI=1S/C7H12O2.C3H4O2.C2H4O2/c1-3-5-6-9-7(8)4-2;1-2-3(4)5;1-2(3)4/h4H,2-3,5-6H2,1H3;2H,1H2,(H,4,5);1H3,(H,3,4). The van der Waals surface area contributed by atoms with Crippen molar-refractivity contribution in [1.82, 2.24) is 0 Å². The van der Waals surface area contributed by atoms with E-state index < -0.39 is 11.9 Å². The van der Waals surface area contributed by atoms with Gasteiger partial charge in [-0.3, -0.25) is 4.79 Å². The smallest absolute Gasteiger partial charge is 0.330 e. The van der Waals surface area contributed by atoms with Crippen LogP contribution in [-0.2, 0) is 19.1 Å². The van der Waals surface area contributed by atoms with E-state index in [4.69, 9.17) is 15.0 Å². The van der Waals surface area contributed by atoms with Crippen LogP contribution in [0.4, 0.5) is 0 Å². The van der Waals surface area contributed by atoms with E-state index in [1.807, 2.05) is 6.92 Å². The average Bonchev–Trinajstić information content (AvgIpc) is 2.29. The van der Waals surface area contributed by atoms with Crippen LogP contribution in [0.5, 0.6) is 0 Å². The van der Waals surface area contributed by atoms with E-state index in [-0.39, 0.29) is 5.97 Å². The Bertz CT molecular complexity index is 266. The van der Waals surface area contributed by atoms with Gasteiger partial charge in [0.25, 0.3) is 5.97 Å². The highest BCUT2D eigenvalue weighted by Crippen LogP contribution is 1.88. The summed E-state index contributed by atoms with van der Waals surface area (Å²) in [5.74, 6) is -2.14. The molecular weight excluding hydrogens is 240 g/mol. The third-order valence-electron chi connectivity index (χ3n) is 1.08. The third kappa shape index (κ3) is 48.6. The van der Waals surface area contributed by atoms with Crippen molar-refractivity contribution in [3.05, 3.63) is 25.3 Å². The zero-order valence-electron chi connectivity index (χ0n) is 10.7. The summed E-state index contributed by atoms with van der Waals surface area (Å²) in [5.41, 5.74) is 0. The largest absolute Gasteiger partial charge is 0.481 e. The van der Waals surface area contributed by atoms with Crippen molar-refractivity contribution in [2.75, 3.05) is 6.61 Å². The quantitative estimate of drug-likeness (QED) is 0.444. The summed E-state index contributed by atoms with van der Waals surface area (Å²) in [6.07, 6.45) is 3.99. The highest BCUT2D eigenvalue weighted by molar-refractivity contribution is 5.81. The van der Waals surface area contributed by atoms with Crippen molar-refractivity contribution in [2.24, 2.45) is 0 Å². The van der Waals surface area contributed by atoms with Crippen LogP contribution in [0.15, 0.2) is 25.3 Å². The molecule has 0 unspecified atom stereocenters. The van der Waals surface area contributed by atoms with Gasteiger partial charge in [0.1, 0.15) is 0 Å². The first-order chi connectivity index (χ1) is 8.31. The Balaban J connectivity index is -0.000000212. The van der Waals surface area contributed by atoms with Gasteiger partial charge >= 0.3 is 11.9 Å². The van der Waals surface area contributed by atoms with Gasteiger partial charge in [0.05, 0.1) is 6.61 Å². The second-order valence-corrected chi connectivity index (χ2v) is 2.79. The lowest BCUT2D eigenvalue weighted by atomic mass is 10.4. The summed E-state index contributed by atoms with van der Waals surface area (Å²) in [4.78, 5) is 28.6. The number of carbonyl (C=O) groups is 3. The molecule has 0 aliphatic carbocycles. The molecule has 0 aromatic heterocycles. The van der Waals surface area contributed by atoms with Crippen molar-refractivity contribution in [2.45, 2.75) is 26.7 Å². The minimum atomic E-state index is -0.981. The van der Waals surface area contributed by atoms with Crippen molar-refractivity contribution < 1.29 is 29.3 Å². The first kappa shape index (κ1) is 21.2. The van der Waals surface area contributed by atoms with Crippen LogP contribution in [0.3, 0.4) is 0 Å². The van der Waals surface area contributed by atoms with Gasteiger partial charge in [-0.2, -0.15) is 0 Å². The fourth-order valence-electron chi connectivity index (χ4n) is 0.376. The summed E-state index contributed by atoms with van der Waals surface area (Å²) >= 11 is 0. The number of carbonyl (C=O) groups excluding carboxylic acids is 1. The number of aliphatic carboxylic acids is 2. The number of hydrogen-bond acceptors (Lipinski definition) is 4. The normalized spacial score (nSPS) is 7.44. The second kappa shape index (κ2) is 17.3. The van der Waals surface area contributed by atoms with E-state index in [1.165, 1.54) is 6.08 Å². The zero-order chi connectivity index (χ0) is 15.0. The molecule has 0 heterocycles. The topological polar surface area (TPSA) is 101 Å². The predicted octanol–water partition coefficient (Wildman–Crippen LogP) is 1.86. The van der Waals surface area contributed by atoms with Gasteiger partial charge in [-0.05, 0) is 6.42 Å². The number of ether oxygens (including phenoxy) is 1. The van der Waals surface area contributed by atoms with Gasteiger partial charge in [-0.15, -0.1) is 0 Å². The Labute approximate surface area is 107 Å². The third-order valence-corrected chi connectivity index (χ3v) is 1.08. The first-order valence-electron chi connectivity index (χ1n) is 5.15. The van der Waals surface area contributed by atoms with Gasteiger partial charge in [0, 0.05) is 19.1 Å². The maximum atomic E-state index is 10.3. The van der Waals surface area contributed by atoms with Crippen LogP contribution < -0.4 is 0 Å². The lowest BCUT2D eigenvalue weighted by Crippen LogP contribution is -2.00. The number of unbranched alkanes of at least 4 members (excludes halogenated alkanes) is 1. The SMILES string of the molecule is C=CC(=O)O.C=CC(=O)OCCCC.CC(=O)O. The number of hydrogen-bond donors (Lipinski definition) is 2. The highest BCUT2D eigenvalue weighted by atomic mass is 16.5. The van der Waals surface area contributed by atoms with Crippen LogP contribution >= 0.6 is 0 Å². The summed E-state index contributed by atoms with van der Waals surface area (Å²) in [7, 11) is 0. The molecule has 0 aliphatic rings. The van der Waals surface area contributed by atoms with Crippen molar-refractivity contribution in [3.63, 3.8) is 0 Å². The summed E-state index contributed by atoms with van der Waals surface area (Å²) in [6.45, 7) is 9.87. The maximum Gasteiger partial charge on any atom is 0.330 e. The van der Waals surface area contributed by atoms with Gasteiger partial charge in [-0.1, -0.05) is 26.5 Å². The predicted molar refractivity (Wildman–Crippen MR) is 67.2 cm³/mol. The molecule has 0 aromatic carbocycles. The van der Waals surface area contributed by atoms with Crippen LogP contribution in [0.1, 0.15) is 26.7 Å². The van der Waals surface area contributed by atoms with Gasteiger partial charge in [0.15, 0.2) is 0 Å². The maximum absolute atomic E-state index is 10.3. The Morgan fingerprint density at radius 2 is 1.56 bits per heavy atom. The fourth-order valence-corrected chi connectivity index (χ4v) is 0.376. The van der Waals surface area contributed by atoms with Crippen LogP contribution in [-0.4, -0.2) is 34.7 Å². The molecule has 6 nitrogen and oxygen atoms in total. The fraction of sp³-hybridized carbons (Fsp3) is 0.417. The van der Waals surface area contributed by atoms with Crippen molar-refractivity contribution >= 4 is 17.9 Å². The molecular formula is C12H20O6. The number of carboxylic acid groups (broad SMARTS) is 2. The summed E-state index contributed by atoms with van der Waals surface area (Å²) in [6, 6.07) is 0. The number of carboxylic acids is 2. The minimum Gasteiger partial charge on any atom is -0.481 e. The minimum absolute atomic E-state index is 0.330. The summed E-state index contributed by atoms with van der Waals surface area (Å²) < 4.78 is 4.67. The van der Waals surface area contributed by atoms with Gasteiger partial charge in [0.2, 0.25) is 0 Å². The monoisotopic (exact) mass is 260 g/mol. The molecule has 0 aliphatic heterocycles. The highest BCUT2D eigenvalue weighted by Gasteiger charge is 1.91. The molecule has 0 radical (unpaired) electrons. The summed E-state index contributed by atoms with van der Waals surface area (Å²) in [5, 5.41) is 15.0. The average molecular weight is 260 g/mol. The van der Waals surface area contributed by atoms with E-state index in [9.17, 15) is 9.59 Å². The number of esters is 1. The molecule has 0 atom stereocenters. The van der Waals surface area contributed by atoms with E-state index in [2.05, 4.69) is 17.9 Å². The molecule has 18 heavy (non-hydrogen) atoms. The lowest BCUT2D eigenvalue weighted by molar-refractivity contribution is -0.138. The molecule has 104 valence electrons. The van der Waals surface area contributed by atoms with Gasteiger partial charge < -0.3 is 14.9 Å². The second-order valence-electron chi connectivity index (χ2n) is 2.79. The molecule has 0 rings (SSSR count). The first-order valence-corrected chi connectivity index (χ1v) is 5.15. The molecule has 0 spiro atoms. The van der Waals surface area contributed by atoms with E-state index in [0.29, 0.717) is 6.61 Å². The Kier molecular flexibility index (Phi) is 20.4. The van der Waals surface area contributed by atoms with Crippen LogP contribution in [0.2, 0.25) is 0 Å². The molecule has 2 N–H and O–H groups in total. The molecule has 0 saturated heterocycles. The van der Waals surface area contributed by atoms with E-state index in [1.54, 1.807) is 0 Å². The molecule has 0 aromatic rings. The van der Waals surface area contributed by atoms with Crippen LogP contribution in [0.25, 0.3) is 0 Å². The molecule has 0 amide bonds. The Hall–Kier alpha value is -2.11. The lowest BCUT2D eigenvalue weighted by Gasteiger charge is -1.97. The molecule has 0 saturated carbocycles. The van der Waals surface area contributed by atoms with Gasteiger partial charge in [-0.25, -0.2) is 9.59 Å². The van der Waals surface area contributed by atoms with E-state index in [0.717, 1.165) is 25.8 Å². The van der Waals surface area contributed by atoms with Crippen molar-refractivity contribution in [3.8, 4) is 0 Å². The molecule has 0 fully saturated rings. The van der Waals surface area contributed by atoms with E-state index >= 15 is 0 Å². The Morgan fingerprint density at radius 3 is 1.78 bits per heavy atom. The molecule has 0 bridgehead atoms. The Morgan fingerprint density at radius 1 is 1.17 bits per heavy atom. The zero-order valence-corrected chi connectivity index (χ0v) is 10.7. The number of rotatable bonds is 5. The molecule has 6 heteroatoms. The van der Waals surface area contributed by atoms with Crippen molar-refractivity contribution in [1.29, 1.82) is 0 Å².